The lowest BCUT2D eigenvalue weighted by Crippen LogP contribution is -2.21. The van der Waals surface area contributed by atoms with Crippen LogP contribution >= 0.6 is 0 Å². The summed E-state index contributed by atoms with van der Waals surface area (Å²) in [6.45, 7) is 0.00276. The first-order valence-electron chi connectivity index (χ1n) is 6.72. The zero-order valence-electron chi connectivity index (χ0n) is 11.9. The molecule has 114 valence electrons. The van der Waals surface area contributed by atoms with Crippen molar-refractivity contribution in [2.45, 2.75) is 19.0 Å². The van der Waals surface area contributed by atoms with Crippen molar-refractivity contribution in [2.75, 3.05) is 20.3 Å². The number of rotatable bonds is 7. The molecule has 0 radical (unpaired) electrons. The summed E-state index contributed by atoms with van der Waals surface area (Å²) >= 11 is 0. The molecular formula is C14H20N4O3. The van der Waals surface area contributed by atoms with E-state index in [2.05, 4.69) is 10.1 Å². The molecule has 0 unspecified atom stereocenters. The summed E-state index contributed by atoms with van der Waals surface area (Å²) in [4.78, 5) is 4.37. The number of aliphatic hydroxyl groups is 2. The molecule has 0 aliphatic rings. The van der Waals surface area contributed by atoms with E-state index < -0.39 is 6.04 Å². The zero-order valence-corrected chi connectivity index (χ0v) is 11.9. The Bertz CT molecular complexity index is 585. The first kappa shape index (κ1) is 15.4. The molecule has 1 atom stereocenters. The Morgan fingerprint density at radius 2 is 2.10 bits per heavy atom. The van der Waals surface area contributed by atoms with E-state index in [-0.39, 0.29) is 13.2 Å². The Hall–Kier alpha value is -1.96. The van der Waals surface area contributed by atoms with Gasteiger partial charge in [-0.15, -0.1) is 0 Å². The van der Waals surface area contributed by atoms with Gasteiger partial charge in [0.2, 0.25) is 0 Å². The second-order valence-electron chi connectivity index (χ2n) is 4.61. The summed E-state index contributed by atoms with van der Waals surface area (Å²) in [7, 11) is 1.61. The van der Waals surface area contributed by atoms with Crippen LogP contribution in [0.5, 0.6) is 5.75 Å². The Morgan fingerprint density at radius 3 is 2.76 bits per heavy atom. The van der Waals surface area contributed by atoms with Gasteiger partial charge in [-0.05, 0) is 6.07 Å². The van der Waals surface area contributed by atoms with Gasteiger partial charge in [0, 0.05) is 12.0 Å². The third-order valence-corrected chi connectivity index (χ3v) is 3.13. The van der Waals surface area contributed by atoms with Crippen LogP contribution < -0.4 is 10.5 Å². The van der Waals surface area contributed by atoms with Crippen LogP contribution in [0.1, 0.15) is 23.3 Å². The quantitative estimate of drug-likeness (QED) is 0.656. The van der Waals surface area contributed by atoms with Gasteiger partial charge in [0.15, 0.2) is 5.82 Å². The Labute approximate surface area is 123 Å². The van der Waals surface area contributed by atoms with Crippen LogP contribution in [-0.2, 0) is 13.0 Å². The maximum Gasteiger partial charge on any atom is 0.155 e. The number of aliphatic hydroxyl groups excluding tert-OH is 2. The molecule has 0 amide bonds. The van der Waals surface area contributed by atoms with E-state index in [0.717, 1.165) is 11.3 Å². The van der Waals surface area contributed by atoms with Gasteiger partial charge in [0.1, 0.15) is 11.6 Å². The molecule has 7 nitrogen and oxygen atoms in total. The van der Waals surface area contributed by atoms with Gasteiger partial charge >= 0.3 is 0 Å². The summed E-state index contributed by atoms with van der Waals surface area (Å²) in [6.07, 6.45) is 0.494. The highest BCUT2D eigenvalue weighted by molar-refractivity contribution is 5.35. The molecule has 0 aliphatic heterocycles. The van der Waals surface area contributed by atoms with E-state index in [1.165, 1.54) is 4.68 Å². The standard InChI is InChI=1S/C14H20N4O3/c1-21-12-5-3-2-4-10(12)8-13-16-14(11(15)9-20)18(17-13)6-7-19/h2-5,11,19-20H,6-9,15H2,1H3/t11-/m1/s1. The fraction of sp³-hybridized carbons (Fsp3) is 0.429. The topological polar surface area (TPSA) is 106 Å². The average Bonchev–Trinajstić information content (AvgIpc) is 2.90. The number of hydrogen-bond donors (Lipinski definition) is 3. The molecule has 7 heteroatoms. The Morgan fingerprint density at radius 1 is 1.33 bits per heavy atom. The second-order valence-corrected chi connectivity index (χ2v) is 4.61. The lowest BCUT2D eigenvalue weighted by atomic mass is 10.1. The normalized spacial score (nSPS) is 12.4. The highest BCUT2D eigenvalue weighted by Gasteiger charge is 2.17. The van der Waals surface area contributed by atoms with E-state index in [1.54, 1.807) is 7.11 Å². The van der Waals surface area contributed by atoms with Crippen molar-refractivity contribution in [2.24, 2.45) is 5.73 Å². The monoisotopic (exact) mass is 292 g/mol. The first-order valence-corrected chi connectivity index (χ1v) is 6.72. The number of nitrogens with two attached hydrogens (primary N) is 1. The highest BCUT2D eigenvalue weighted by atomic mass is 16.5. The zero-order chi connectivity index (χ0) is 15.2. The van der Waals surface area contributed by atoms with Gasteiger partial charge in [-0.3, -0.25) is 0 Å². The molecule has 0 aliphatic carbocycles. The smallest absolute Gasteiger partial charge is 0.155 e. The third kappa shape index (κ3) is 3.57. The van der Waals surface area contributed by atoms with Crippen molar-refractivity contribution in [3.8, 4) is 5.75 Å². The molecule has 0 spiro atoms. The van der Waals surface area contributed by atoms with Crippen molar-refractivity contribution >= 4 is 0 Å². The molecule has 1 heterocycles. The van der Waals surface area contributed by atoms with E-state index >= 15 is 0 Å². The van der Waals surface area contributed by atoms with Crippen LogP contribution in [0.15, 0.2) is 24.3 Å². The van der Waals surface area contributed by atoms with Gasteiger partial charge in [0.05, 0.1) is 32.9 Å². The molecule has 2 aromatic rings. The van der Waals surface area contributed by atoms with E-state index in [0.29, 0.717) is 24.6 Å². The molecule has 0 bridgehead atoms. The summed E-state index contributed by atoms with van der Waals surface area (Å²) < 4.78 is 6.84. The van der Waals surface area contributed by atoms with Gasteiger partial charge in [-0.2, -0.15) is 5.10 Å². The summed E-state index contributed by atoms with van der Waals surface area (Å²) in [5.74, 6) is 1.81. The molecule has 4 N–H and O–H groups in total. The van der Waals surface area contributed by atoms with E-state index in [1.807, 2.05) is 24.3 Å². The van der Waals surface area contributed by atoms with Crippen molar-refractivity contribution in [3.63, 3.8) is 0 Å². The number of hydrogen-bond acceptors (Lipinski definition) is 6. The van der Waals surface area contributed by atoms with Crippen molar-refractivity contribution < 1.29 is 14.9 Å². The average molecular weight is 292 g/mol. The molecule has 0 saturated heterocycles. The van der Waals surface area contributed by atoms with Crippen LogP contribution in [0.2, 0.25) is 0 Å². The maximum absolute atomic E-state index is 9.17. The summed E-state index contributed by atoms with van der Waals surface area (Å²) in [6, 6.07) is 7.02. The molecule has 0 saturated carbocycles. The number of aromatic nitrogens is 3. The molecule has 0 fully saturated rings. The molecule has 2 rings (SSSR count). The van der Waals surface area contributed by atoms with Crippen molar-refractivity contribution in [3.05, 3.63) is 41.5 Å². The number of nitrogens with zero attached hydrogens (tertiary/aromatic N) is 3. The van der Waals surface area contributed by atoms with Crippen LogP contribution in [0.4, 0.5) is 0 Å². The predicted molar refractivity (Wildman–Crippen MR) is 76.9 cm³/mol. The first-order chi connectivity index (χ1) is 10.2. The number of benzene rings is 1. The minimum absolute atomic E-state index is 0.0669. The fourth-order valence-electron chi connectivity index (χ4n) is 2.11. The lowest BCUT2D eigenvalue weighted by molar-refractivity contribution is 0.245. The molecular weight excluding hydrogens is 272 g/mol. The third-order valence-electron chi connectivity index (χ3n) is 3.13. The van der Waals surface area contributed by atoms with Crippen LogP contribution in [-0.4, -0.2) is 45.3 Å². The van der Waals surface area contributed by atoms with Gasteiger partial charge < -0.3 is 20.7 Å². The predicted octanol–water partition coefficient (Wildman–Crippen LogP) is -0.138. The Balaban J connectivity index is 2.28. The van der Waals surface area contributed by atoms with Gasteiger partial charge in [-0.25, -0.2) is 9.67 Å². The number of para-hydroxylation sites is 1. The molecule has 1 aromatic carbocycles. The summed E-state index contributed by atoms with van der Waals surface area (Å²) in [5.41, 5.74) is 6.77. The fourth-order valence-corrected chi connectivity index (χ4v) is 2.11. The maximum atomic E-state index is 9.17. The molecule has 1 aromatic heterocycles. The van der Waals surface area contributed by atoms with E-state index in [4.69, 9.17) is 15.6 Å². The molecule has 21 heavy (non-hydrogen) atoms. The van der Waals surface area contributed by atoms with E-state index in [9.17, 15) is 5.11 Å². The largest absolute Gasteiger partial charge is 0.496 e. The second kappa shape index (κ2) is 7.16. The van der Waals surface area contributed by atoms with Gasteiger partial charge in [-0.1, -0.05) is 18.2 Å². The van der Waals surface area contributed by atoms with Gasteiger partial charge in [0.25, 0.3) is 0 Å². The van der Waals surface area contributed by atoms with Crippen molar-refractivity contribution in [1.82, 2.24) is 14.8 Å². The van der Waals surface area contributed by atoms with Crippen LogP contribution in [0, 0.1) is 0 Å². The van der Waals surface area contributed by atoms with Crippen LogP contribution in [0.25, 0.3) is 0 Å². The lowest BCUT2D eigenvalue weighted by Gasteiger charge is -2.08. The van der Waals surface area contributed by atoms with Crippen molar-refractivity contribution in [1.29, 1.82) is 0 Å². The summed E-state index contributed by atoms with van der Waals surface area (Å²) in [5, 5.41) is 22.6. The number of methoxy groups -OCH3 is 1. The van der Waals surface area contributed by atoms with Crippen LogP contribution in [0.3, 0.4) is 0 Å². The SMILES string of the molecule is COc1ccccc1Cc1nc([C@H](N)CO)n(CCO)n1. The minimum Gasteiger partial charge on any atom is -0.496 e. The highest BCUT2D eigenvalue weighted by Crippen LogP contribution is 2.20. The minimum atomic E-state index is -0.615. The Kier molecular flexibility index (Phi) is 5.26. The number of ether oxygens (including phenoxy) is 1.